The molecule has 0 N–H and O–H groups in total. The number of hydrogen-bond donors (Lipinski definition) is 0. The van der Waals surface area contributed by atoms with Gasteiger partial charge < -0.3 is 0 Å². The van der Waals surface area contributed by atoms with Crippen LogP contribution in [0.25, 0.3) is 0 Å². The maximum Gasteiger partial charge on any atom is 0.194 e. The van der Waals surface area contributed by atoms with Gasteiger partial charge in [0.1, 0.15) is 0 Å². The fraction of sp³-hybridized carbons (Fsp3) is 0. The molecule has 0 atom stereocenters. The average molecular weight is 178 g/mol. The number of benzene rings is 1. The molecule has 0 fully saturated rings. The lowest BCUT2D eigenvalue weighted by atomic mass is 9.79. The highest BCUT2D eigenvalue weighted by atomic mass is 16.1. The van der Waals surface area contributed by atoms with Crippen LogP contribution in [-0.4, -0.2) is 5.78 Å². The molecular weight excluding hydrogens is 172 g/mol. The van der Waals surface area contributed by atoms with Crippen molar-refractivity contribution in [2.24, 2.45) is 0 Å². The lowest BCUT2D eigenvalue weighted by Gasteiger charge is -2.20. The van der Waals surface area contributed by atoms with Gasteiger partial charge in [0, 0.05) is 16.7 Å². The normalized spacial score (nSPS) is 15.6. The zero-order valence-corrected chi connectivity index (χ0v) is 7.37. The van der Waals surface area contributed by atoms with Crippen LogP contribution in [-0.2, 0) is 0 Å². The topological polar surface area (TPSA) is 17.1 Å². The third kappa shape index (κ3) is 0.828. The van der Waals surface area contributed by atoms with E-state index in [1.807, 2.05) is 36.4 Å². The number of hydrogen-bond acceptors (Lipinski definition) is 1. The van der Waals surface area contributed by atoms with Gasteiger partial charge in [-0.2, -0.15) is 0 Å². The summed E-state index contributed by atoms with van der Waals surface area (Å²) >= 11 is 0. The minimum Gasteiger partial charge on any atom is -0.289 e. The highest BCUT2D eigenvalue weighted by Crippen LogP contribution is 2.36. The van der Waals surface area contributed by atoms with E-state index >= 15 is 0 Å². The van der Waals surface area contributed by atoms with Crippen LogP contribution in [0, 0.1) is 0 Å². The highest BCUT2D eigenvalue weighted by molar-refractivity contribution is 6.15. The standard InChI is InChI=1S/C13H6O/c14-13(9-4-2-1-3-5-9)12-8-10-6-7-11(10)12/h1-5,8H. The van der Waals surface area contributed by atoms with Crippen molar-refractivity contribution in [2.75, 3.05) is 0 Å². The smallest absolute Gasteiger partial charge is 0.194 e. The lowest BCUT2D eigenvalue weighted by molar-refractivity contribution is 0.103. The first-order valence-electron chi connectivity index (χ1n) is 4.44. The number of ketones is 1. The van der Waals surface area contributed by atoms with Crippen molar-refractivity contribution in [1.29, 1.82) is 0 Å². The second-order valence-corrected chi connectivity index (χ2v) is 3.29. The van der Waals surface area contributed by atoms with Crippen LogP contribution in [0.2, 0.25) is 0 Å². The summed E-state index contributed by atoms with van der Waals surface area (Å²) in [6.07, 6.45) is 1.86. The molecule has 3 rings (SSSR count). The van der Waals surface area contributed by atoms with Crippen molar-refractivity contribution < 1.29 is 4.79 Å². The zero-order valence-electron chi connectivity index (χ0n) is 7.37. The van der Waals surface area contributed by atoms with E-state index in [9.17, 15) is 4.79 Å². The molecule has 1 heteroatoms. The summed E-state index contributed by atoms with van der Waals surface area (Å²) < 4.78 is 0. The van der Waals surface area contributed by atoms with Crippen molar-refractivity contribution in [1.82, 2.24) is 0 Å². The summed E-state index contributed by atoms with van der Waals surface area (Å²) in [5.74, 6) is 0.0818. The number of fused-ring (bicyclic) bond motifs is 1. The van der Waals surface area contributed by atoms with Crippen LogP contribution < -0.4 is 0 Å². The SMILES string of the molecule is O=C(C1=CC2=C=C=C21)c1ccccc1. The maximum atomic E-state index is 11.8. The number of carbonyl (C=O) groups is 1. The lowest BCUT2D eigenvalue weighted by Crippen LogP contribution is -2.15. The number of allylic oxidation sites excluding steroid dienone is 4. The number of rotatable bonds is 2. The molecule has 1 nitrogen and oxygen atoms in total. The first-order valence-corrected chi connectivity index (χ1v) is 4.44. The molecule has 0 saturated carbocycles. The van der Waals surface area contributed by atoms with Crippen molar-refractivity contribution in [2.45, 2.75) is 0 Å². The Kier molecular flexibility index (Phi) is 1.29. The Bertz CT molecular complexity index is 561. The summed E-state index contributed by atoms with van der Waals surface area (Å²) in [6, 6.07) is 9.30. The molecule has 0 bridgehead atoms. The monoisotopic (exact) mass is 178 g/mol. The fourth-order valence-electron chi connectivity index (χ4n) is 1.58. The Hall–Kier alpha value is -2.07. The van der Waals surface area contributed by atoms with E-state index in [0.29, 0.717) is 0 Å². The molecule has 0 heterocycles. The molecule has 0 amide bonds. The number of carbonyl (C=O) groups excluding carboxylic acids is 1. The zero-order chi connectivity index (χ0) is 9.54. The summed E-state index contributed by atoms with van der Waals surface area (Å²) in [4.78, 5) is 11.8. The Morgan fingerprint density at radius 2 is 1.86 bits per heavy atom. The second-order valence-electron chi connectivity index (χ2n) is 3.29. The molecule has 0 saturated heterocycles. The van der Waals surface area contributed by atoms with Crippen molar-refractivity contribution in [3.8, 4) is 0 Å². The van der Waals surface area contributed by atoms with E-state index in [2.05, 4.69) is 11.5 Å². The van der Waals surface area contributed by atoms with Gasteiger partial charge in [-0.25, -0.2) is 0 Å². The van der Waals surface area contributed by atoms with E-state index in [1.165, 1.54) is 0 Å². The number of Topliss-reactive ketones (excluding diaryl/α,β-unsaturated/α-hetero) is 1. The van der Waals surface area contributed by atoms with E-state index in [1.54, 1.807) is 0 Å². The van der Waals surface area contributed by atoms with E-state index in [0.717, 1.165) is 22.3 Å². The molecule has 14 heavy (non-hydrogen) atoms. The molecule has 0 radical (unpaired) electrons. The van der Waals surface area contributed by atoms with Crippen molar-refractivity contribution >= 4 is 5.78 Å². The molecule has 0 aromatic heterocycles. The summed E-state index contributed by atoms with van der Waals surface area (Å²) in [6.45, 7) is 0. The van der Waals surface area contributed by atoms with Crippen LogP contribution in [0.15, 0.2) is 64.6 Å². The second kappa shape index (κ2) is 2.46. The van der Waals surface area contributed by atoms with Gasteiger partial charge in [-0.05, 0) is 6.08 Å². The molecule has 0 aliphatic heterocycles. The van der Waals surface area contributed by atoms with Crippen molar-refractivity contribution in [3.63, 3.8) is 0 Å². The summed E-state index contributed by atoms with van der Waals surface area (Å²) in [5, 5.41) is 0. The van der Waals surface area contributed by atoms with Gasteiger partial charge >= 0.3 is 0 Å². The minimum atomic E-state index is 0.0818. The van der Waals surface area contributed by atoms with Gasteiger partial charge in [0.2, 0.25) is 0 Å². The highest BCUT2D eigenvalue weighted by Gasteiger charge is 2.28. The van der Waals surface area contributed by atoms with Gasteiger partial charge in [-0.3, -0.25) is 4.79 Å². The Labute approximate surface area is 81.4 Å². The minimum absolute atomic E-state index is 0.0818. The van der Waals surface area contributed by atoms with Crippen LogP contribution in [0.5, 0.6) is 0 Å². The molecule has 0 spiro atoms. The molecule has 2 aliphatic carbocycles. The molecular formula is C13H6O. The van der Waals surface area contributed by atoms with E-state index in [-0.39, 0.29) is 5.78 Å². The van der Waals surface area contributed by atoms with E-state index in [4.69, 9.17) is 0 Å². The van der Waals surface area contributed by atoms with Gasteiger partial charge in [0.15, 0.2) is 5.78 Å². The molecule has 0 unspecified atom stereocenters. The fourth-order valence-corrected chi connectivity index (χ4v) is 1.58. The van der Waals surface area contributed by atoms with Crippen LogP contribution in [0.3, 0.4) is 0 Å². The largest absolute Gasteiger partial charge is 0.289 e. The van der Waals surface area contributed by atoms with Crippen molar-refractivity contribution in [3.05, 3.63) is 70.2 Å². The van der Waals surface area contributed by atoms with Crippen LogP contribution in [0.1, 0.15) is 10.4 Å². The first-order chi connectivity index (χ1) is 6.86. The molecule has 1 aromatic rings. The predicted molar refractivity (Wildman–Crippen MR) is 52.9 cm³/mol. The summed E-state index contributed by atoms with van der Waals surface area (Å²) in [7, 11) is 0. The third-order valence-corrected chi connectivity index (χ3v) is 2.43. The Balaban J connectivity index is 1.96. The molecule has 64 valence electrons. The first kappa shape index (κ1) is 7.34. The molecule has 2 aliphatic rings. The van der Waals surface area contributed by atoms with Gasteiger partial charge in [-0.15, -0.1) is 0 Å². The Morgan fingerprint density at radius 3 is 2.36 bits per heavy atom. The Morgan fingerprint density at radius 1 is 1.07 bits per heavy atom. The average Bonchev–Trinajstić information content (AvgIpc) is 2.22. The maximum absolute atomic E-state index is 11.8. The van der Waals surface area contributed by atoms with E-state index < -0.39 is 0 Å². The third-order valence-electron chi connectivity index (χ3n) is 2.43. The van der Waals surface area contributed by atoms with Crippen LogP contribution in [0.4, 0.5) is 0 Å². The van der Waals surface area contributed by atoms with Gasteiger partial charge in [-0.1, -0.05) is 41.8 Å². The quantitative estimate of drug-likeness (QED) is 0.502. The summed E-state index contributed by atoms with van der Waals surface area (Å²) in [5.41, 5.74) is 9.25. The molecule has 1 aromatic carbocycles. The van der Waals surface area contributed by atoms with Crippen LogP contribution >= 0.6 is 0 Å². The van der Waals surface area contributed by atoms with Gasteiger partial charge in [0.25, 0.3) is 0 Å². The predicted octanol–water partition coefficient (Wildman–Crippen LogP) is 2.43. The van der Waals surface area contributed by atoms with Gasteiger partial charge in [0.05, 0.1) is 5.57 Å².